The molecule has 0 saturated carbocycles. The zero-order chi connectivity index (χ0) is 20.9. The number of aryl methyl sites for hydroxylation is 1. The highest BCUT2D eigenvalue weighted by Crippen LogP contribution is 2.24. The molecule has 4 rings (SSSR count). The van der Waals surface area contributed by atoms with Gasteiger partial charge in [0.2, 0.25) is 5.89 Å². The summed E-state index contributed by atoms with van der Waals surface area (Å²) in [7, 11) is 0. The van der Waals surface area contributed by atoms with Crippen LogP contribution in [0, 0.1) is 0 Å². The van der Waals surface area contributed by atoms with Crippen molar-refractivity contribution in [2.45, 2.75) is 19.9 Å². The lowest BCUT2D eigenvalue weighted by molar-refractivity contribution is 0.0976. The maximum Gasteiger partial charge on any atom is 0.257 e. The predicted molar refractivity (Wildman–Crippen MR) is 122 cm³/mol. The molecule has 0 aliphatic carbocycles. The normalized spacial score (nSPS) is 10.7. The fraction of sp³-hybridized carbons (Fsp3) is 0.125. The zero-order valence-corrected chi connectivity index (χ0v) is 17.3. The fourth-order valence-electron chi connectivity index (χ4n) is 3.05. The number of thiocarbonyl (C=S) groups is 1. The molecule has 5 nitrogen and oxygen atoms in total. The fourth-order valence-corrected chi connectivity index (χ4v) is 3.22. The van der Waals surface area contributed by atoms with Crippen LogP contribution >= 0.6 is 12.2 Å². The van der Waals surface area contributed by atoms with E-state index in [-0.39, 0.29) is 5.91 Å². The Morgan fingerprint density at radius 2 is 1.67 bits per heavy atom. The zero-order valence-electron chi connectivity index (χ0n) is 16.5. The van der Waals surface area contributed by atoms with Gasteiger partial charge in [-0.15, -0.1) is 0 Å². The van der Waals surface area contributed by atoms with Gasteiger partial charge in [0.15, 0.2) is 10.7 Å². The van der Waals surface area contributed by atoms with Gasteiger partial charge in [0.25, 0.3) is 5.91 Å². The summed E-state index contributed by atoms with van der Waals surface area (Å²) in [4.78, 5) is 16.8. The highest BCUT2D eigenvalue weighted by atomic mass is 32.1. The monoisotopic (exact) mass is 415 g/mol. The molecule has 1 amide bonds. The molecular weight excluding hydrogens is 394 g/mol. The van der Waals surface area contributed by atoms with E-state index in [0.29, 0.717) is 23.1 Å². The van der Waals surface area contributed by atoms with Crippen LogP contribution in [0.1, 0.15) is 28.4 Å². The molecule has 0 radical (unpaired) electrons. The van der Waals surface area contributed by atoms with Crippen molar-refractivity contribution < 1.29 is 9.21 Å². The van der Waals surface area contributed by atoms with Crippen LogP contribution in [0.3, 0.4) is 0 Å². The van der Waals surface area contributed by atoms with E-state index in [0.717, 1.165) is 28.6 Å². The van der Waals surface area contributed by atoms with E-state index in [1.165, 1.54) is 5.56 Å². The van der Waals surface area contributed by atoms with E-state index in [9.17, 15) is 4.79 Å². The van der Waals surface area contributed by atoms with Gasteiger partial charge in [0, 0.05) is 17.7 Å². The smallest absolute Gasteiger partial charge is 0.257 e. The summed E-state index contributed by atoms with van der Waals surface area (Å²) < 4.78 is 5.80. The molecule has 0 aliphatic heterocycles. The summed E-state index contributed by atoms with van der Waals surface area (Å²) >= 11 is 5.25. The number of hydrogen-bond acceptors (Lipinski definition) is 4. The number of amides is 1. The molecule has 0 fully saturated rings. The molecule has 6 heteroatoms. The lowest BCUT2D eigenvalue weighted by Gasteiger charge is -2.10. The maximum absolute atomic E-state index is 12.3. The van der Waals surface area contributed by atoms with Crippen molar-refractivity contribution in [3.8, 4) is 11.5 Å². The third kappa shape index (κ3) is 4.55. The number of aromatic nitrogens is 1. The molecule has 1 heterocycles. The predicted octanol–water partition coefficient (Wildman–Crippen LogP) is 4.86. The Morgan fingerprint density at radius 1 is 0.967 bits per heavy atom. The Hall–Kier alpha value is -3.51. The minimum absolute atomic E-state index is 0.221. The van der Waals surface area contributed by atoms with Crippen molar-refractivity contribution in [3.05, 3.63) is 89.5 Å². The van der Waals surface area contributed by atoms with E-state index in [1.54, 1.807) is 0 Å². The van der Waals surface area contributed by atoms with E-state index in [4.69, 9.17) is 16.6 Å². The minimum atomic E-state index is -0.221. The number of benzene rings is 3. The van der Waals surface area contributed by atoms with Crippen molar-refractivity contribution in [1.29, 1.82) is 0 Å². The van der Waals surface area contributed by atoms with Crippen molar-refractivity contribution in [1.82, 2.24) is 15.6 Å². The molecular formula is C24H21N3O2S. The Kier molecular flexibility index (Phi) is 5.86. The van der Waals surface area contributed by atoms with E-state index < -0.39 is 0 Å². The molecule has 0 unspecified atom stereocenters. The van der Waals surface area contributed by atoms with Gasteiger partial charge in [-0.25, -0.2) is 4.98 Å². The number of oxazole rings is 1. The number of fused-ring (bicyclic) bond motifs is 1. The quantitative estimate of drug-likeness (QED) is 0.456. The van der Waals surface area contributed by atoms with Crippen LogP contribution in [-0.2, 0) is 13.0 Å². The van der Waals surface area contributed by atoms with Crippen LogP contribution < -0.4 is 10.6 Å². The number of nitrogens with one attached hydrogen (secondary N) is 2. The Balaban J connectivity index is 1.33. The molecule has 0 atom stereocenters. The first-order valence-electron chi connectivity index (χ1n) is 9.75. The van der Waals surface area contributed by atoms with Crippen molar-refractivity contribution in [2.24, 2.45) is 0 Å². The highest BCUT2D eigenvalue weighted by Gasteiger charge is 2.09. The van der Waals surface area contributed by atoms with Crippen LogP contribution in [0.2, 0.25) is 0 Å². The van der Waals surface area contributed by atoms with Crippen LogP contribution in [0.25, 0.3) is 22.6 Å². The molecule has 3 aromatic carbocycles. The summed E-state index contributed by atoms with van der Waals surface area (Å²) in [6.45, 7) is 2.58. The number of carbonyl (C=O) groups is 1. The summed E-state index contributed by atoms with van der Waals surface area (Å²) in [5, 5.41) is 6.07. The van der Waals surface area contributed by atoms with Gasteiger partial charge >= 0.3 is 0 Å². The molecule has 0 aliphatic rings. The molecule has 1 aromatic heterocycles. The first-order chi connectivity index (χ1) is 14.6. The van der Waals surface area contributed by atoms with Crippen LogP contribution in [-0.4, -0.2) is 16.0 Å². The lowest BCUT2D eigenvalue weighted by Crippen LogP contribution is -2.38. The minimum Gasteiger partial charge on any atom is -0.436 e. The second kappa shape index (κ2) is 8.88. The molecule has 0 spiro atoms. The number of para-hydroxylation sites is 2. The third-order valence-electron chi connectivity index (χ3n) is 4.80. The number of nitrogens with zero attached hydrogens (tertiary/aromatic N) is 1. The van der Waals surface area contributed by atoms with Crippen molar-refractivity contribution in [3.63, 3.8) is 0 Å². The summed E-state index contributed by atoms with van der Waals surface area (Å²) in [6, 6.07) is 23.1. The number of carbonyl (C=O) groups excluding carboxylic acids is 1. The molecule has 4 aromatic rings. The van der Waals surface area contributed by atoms with Gasteiger partial charge in [-0.05, 0) is 66.2 Å². The van der Waals surface area contributed by atoms with Gasteiger partial charge in [-0.1, -0.05) is 43.3 Å². The summed E-state index contributed by atoms with van der Waals surface area (Å²) in [6.07, 6.45) is 0.938. The van der Waals surface area contributed by atoms with Crippen molar-refractivity contribution >= 4 is 34.3 Å². The number of rotatable bonds is 5. The Labute approximate surface area is 180 Å². The summed E-state index contributed by atoms with van der Waals surface area (Å²) in [5.41, 5.74) is 5.31. The lowest BCUT2D eigenvalue weighted by atomic mass is 10.1. The van der Waals surface area contributed by atoms with Gasteiger partial charge < -0.3 is 9.73 Å². The first kappa shape index (κ1) is 19.8. The SMILES string of the molecule is CCc1ccc(C(=O)NC(=S)NCc2ccc(-c3nc4ccccc4o3)cc2)cc1. The molecule has 2 N–H and O–H groups in total. The summed E-state index contributed by atoms with van der Waals surface area (Å²) in [5.74, 6) is 0.369. The van der Waals surface area contributed by atoms with Gasteiger partial charge in [0.05, 0.1) is 0 Å². The van der Waals surface area contributed by atoms with Crippen LogP contribution in [0.4, 0.5) is 0 Å². The standard InChI is InChI=1S/C24H21N3O2S/c1-2-16-7-11-18(12-8-16)22(28)27-24(30)25-15-17-9-13-19(14-10-17)23-26-20-5-3-4-6-21(20)29-23/h3-14H,2,15H2,1H3,(H2,25,27,28,30). The number of hydrogen-bond donors (Lipinski definition) is 2. The van der Waals surface area contributed by atoms with E-state index in [2.05, 4.69) is 22.5 Å². The second-order valence-corrected chi connectivity index (χ2v) is 7.28. The first-order valence-corrected chi connectivity index (χ1v) is 10.2. The molecule has 30 heavy (non-hydrogen) atoms. The average molecular weight is 416 g/mol. The molecule has 0 saturated heterocycles. The third-order valence-corrected chi connectivity index (χ3v) is 5.05. The molecule has 0 bridgehead atoms. The van der Waals surface area contributed by atoms with E-state index >= 15 is 0 Å². The average Bonchev–Trinajstić information content (AvgIpc) is 3.22. The van der Waals surface area contributed by atoms with Gasteiger partial charge in [-0.3, -0.25) is 10.1 Å². The topological polar surface area (TPSA) is 67.2 Å². The van der Waals surface area contributed by atoms with Crippen LogP contribution in [0.15, 0.2) is 77.2 Å². The largest absolute Gasteiger partial charge is 0.436 e. The maximum atomic E-state index is 12.3. The van der Waals surface area contributed by atoms with Gasteiger partial charge in [-0.2, -0.15) is 0 Å². The Morgan fingerprint density at radius 3 is 2.37 bits per heavy atom. The van der Waals surface area contributed by atoms with Crippen molar-refractivity contribution in [2.75, 3.05) is 0 Å². The Bertz CT molecular complexity index is 1150. The van der Waals surface area contributed by atoms with E-state index in [1.807, 2.05) is 72.8 Å². The van der Waals surface area contributed by atoms with Gasteiger partial charge in [0.1, 0.15) is 5.52 Å². The second-order valence-electron chi connectivity index (χ2n) is 6.87. The highest BCUT2D eigenvalue weighted by molar-refractivity contribution is 7.80. The van der Waals surface area contributed by atoms with Crippen LogP contribution in [0.5, 0.6) is 0 Å². The molecule has 150 valence electrons.